The molecule has 0 saturated carbocycles. The van der Waals surface area contributed by atoms with Gasteiger partial charge in [-0.1, -0.05) is 6.92 Å². The van der Waals surface area contributed by atoms with Crippen molar-refractivity contribution >= 4 is 11.9 Å². The van der Waals surface area contributed by atoms with Gasteiger partial charge in [0.05, 0.1) is 12.0 Å². The van der Waals surface area contributed by atoms with Crippen LogP contribution in [-0.4, -0.2) is 36.2 Å². The van der Waals surface area contributed by atoms with E-state index in [9.17, 15) is 9.59 Å². The molecule has 0 bridgehead atoms. The van der Waals surface area contributed by atoms with Crippen molar-refractivity contribution in [3.8, 4) is 0 Å². The number of ether oxygens (including phenoxy) is 2. The van der Waals surface area contributed by atoms with E-state index in [0.29, 0.717) is 13.0 Å². The van der Waals surface area contributed by atoms with Crippen LogP contribution >= 0.6 is 0 Å². The first-order valence-corrected chi connectivity index (χ1v) is 6.89. The Morgan fingerprint density at radius 2 is 2.05 bits per heavy atom. The van der Waals surface area contributed by atoms with Crippen molar-refractivity contribution in [2.45, 2.75) is 65.2 Å². The van der Waals surface area contributed by atoms with Crippen LogP contribution in [0.4, 0.5) is 0 Å². The number of amides is 1. The zero-order valence-corrected chi connectivity index (χ0v) is 12.5. The van der Waals surface area contributed by atoms with Gasteiger partial charge in [0, 0.05) is 6.61 Å². The molecule has 1 fully saturated rings. The lowest BCUT2D eigenvalue weighted by molar-refractivity contribution is -0.158. The molecule has 3 atom stereocenters. The monoisotopic (exact) mass is 271 g/mol. The molecule has 1 N–H and O–H groups in total. The zero-order chi connectivity index (χ0) is 14.6. The summed E-state index contributed by atoms with van der Waals surface area (Å²) in [5.74, 6) is -0.689. The molecule has 0 aliphatic carbocycles. The highest BCUT2D eigenvalue weighted by molar-refractivity contribution is 5.86. The summed E-state index contributed by atoms with van der Waals surface area (Å²) in [6.45, 7) is 9.65. The first kappa shape index (κ1) is 16.0. The predicted octanol–water partition coefficient (Wildman–Crippen LogP) is 1.65. The van der Waals surface area contributed by atoms with Gasteiger partial charge < -0.3 is 14.8 Å². The SMILES string of the molecule is CCC1OCCC1C(=O)N[C@H](C)C(=O)OC(C)(C)C. The van der Waals surface area contributed by atoms with Crippen molar-refractivity contribution in [1.29, 1.82) is 0 Å². The molecule has 1 aliphatic rings. The number of esters is 1. The fourth-order valence-electron chi connectivity index (χ4n) is 2.12. The van der Waals surface area contributed by atoms with Gasteiger partial charge in [-0.25, -0.2) is 4.79 Å². The largest absolute Gasteiger partial charge is 0.458 e. The van der Waals surface area contributed by atoms with E-state index < -0.39 is 17.6 Å². The molecular weight excluding hydrogens is 246 g/mol. The van der Waals surface area contributed by atoms with E-state index in [1.54, 1.807) is 27.7 Å². The Hall–Kier alpha value is -1.10. The number of carbonyl (C=O) groups is 2. The van der Waals surface area contributed by atoms with Crippen LogP contribution in [0.15, 0.2) is 0 Å². The van der Waals surface area contributed by atoms with Gasteiger partial charge in [0.25, 0.3) is 0 Å². The molecule has 2 unspecified atom stereocenters. The zero-order valence-electron chi connectivity index (χ0n) is 12.5. The fourth-order valence-corrected chi connectivity index (χ4v) is 2.12. The second-order valence-corrected chi connectivity index (χ2v) is 5.98. The maximum absolute atomic E-state index is 12.1. The minimum absolute atomic E-state index is 0.0363. The third kappa shape index (κ3) is 4.82. The molecule has 1 amide bonds. The van der Waals surface area contributed by atoms with Gasteiger partial charge in [-0.2, -0.15) is 0 Å². The molecule has 0 spiro atoms. The summed E-state index contributed by atoms with van der Waals surface area (Å²) in [6.07, 6.45) is 1.48. The van der Waals surface area contributed by atoms with E-state index in [-0.39, 0.29) is 17.9 Å². The number of hydrogen-bond donors (Lipinski definition) is 1. The van der Waals surface area contributed by atoms with Crippen LogP contribution in [0.3, 0.4) is 0 Å². The van der Waals surface area contributed by atoms with E-state index in [2.05, 4.69) is 5.32 Å². The standard InChI is InChI=1S/C14H25NO4/c1-6-11-10(7-8-18-11)12(16)15-9(2)13(17)19-14(3,4)5/h9-11H,6-8H2,1-5H3,(H,15,16)/t9-,10?,11?/m1/s1. The van der Waals surface area contributed by atoms with Crippen molar-refractivity contribution in [2.24, 2.45) is 5.92 Å². The third-order valence-corrected chi connectivity index (χ3v) is 3.07. The summed E-state index contributed by atoms with van der Waals surface area (Å²) in [4.78, 5) is 23.9. The Balaban J connectivity index is 2.50. The van der Waals surface area contributed by atoms with Gasteiger partial charge in [0.2, 0.25) is 5.91 Å². The number of rotatable bonds is 4. The third-order valence-electron chi connectivity index (χ3n) is 3.07. The second kappa shape index (κ2) is 6.37. The van der Waals surface area contributed by atoms with Crippen LogP contribution < -0.4 is 5.32 Å². The van der Waals surface area contributed by atoms with E-state index in [4.69, 9.17) is 9.47 Å². The smallest absolute Gasteiger partial charge is 0.328 e. The molecule has 19 heavy (non-hydrogen) atoms. The Bertz CT molecular complexity index is 335. The number of hydrogen-bond acceptors (Lipinski definition) is 4. The molecule has 0 aromatic rings. The van der Waals surface area contributed by atoms with Gasteiger partial charge in [0.1, 0.15) is 11.6 Å². The minimum atomic E-state index is -0.634. The molecule has 0 radical (unpaired) electrons. The van der Waals surface area contributed by atoms with Gasteiger partial charge in [-0.05, 0) is 40.5 Å². The van der Waals surface area contributed by atoms with Gasteiger partial charge >= 0.3 is 5.97 Å². The van der Waals surface area contributed by atoms with Crippen LogP contribution in [0, 0.1) is 5.92 Å². The average molecular weight is 271 g/mol. The number of carbonyl (C=O) groups excluding carboxylic acids is 2. The minimum Gasteiger partial charge on any atom is -0.458 e. The maximum atomic E-state index is 12.1. The predicted molar refractivity (Wildman–Crippen MR) is 71.6 cm³/mol. The highest BCUT2D eigenvalue weighted by Crippen LogP contribution is 2.23. The van der Waals surface area contributed by atoms with E-state index in [1.807, 2.05) is 6.92 Å². The Labute approximate surface area is 115 Å². The van der Waals surface area contributed by atoms with E-state index in [0.717, 1.165) is 6.42 Å². The highest BCUT2D eigenvalue weighted by atomic mass is 16.6. The van der Waals surface area contributed by atoms with Crippen LogP contribution in [0.1, 0.15) is 47.5 Å². The average Bonchev–Trinajstić information content (AvgIpc) is 2.74. The molecule has 5 nitrogen and oxygen atoms in total. The summed E-state index contributed by atoms with van der Waals surface area (Å²) >= 11 is 0. The lowest BCUT2D eigenvalue weighted by atomic mass is 9.98. The van der Waals surface area contributed by atoms with Crippen LogP contribution in [0.25, 0.3) is 0 Å². The van der Waals surface area contributed by atoms with E-state index in [1.165, 1.54) is 0 Å². The molecule has 1 rings (SSSR count). The van der Waals surface area contributed by atoms with Crippen molar-refractivity contribution < 1.29 is 19.1 Å². The molecule has 1 saturated heterocycles. The quantitative estimate of drug-likeness (QED) is 0.790. The molecule has 1 aliphatic heterocycles. The molecule has 1 heterocycles. The summed E-state index contributed by atoms with van der Waals surface area (Å²) in [7, 11) is 0. The fraction of sp³-hybridized carbons (Fsp3) is 0.857. The first-order valence-electron chi connectivity index (χ1n) is 6.89. The van der Waals surface area contributed by atoms with Crippen molar-refractivity contribution in [3.05, 3.63) is 0 Å². The number of nitrogens with one attached hydrogen (secondary N) is 1. The van der Waals surface area contributed by atoms with Crippen molar-refractivity contribution in [3.63, 3.8) is 0 Å². The van der Waals surface area contributed by atoms with Crippen molar-refractivity contribution in [2.75, 3.05) is 6.61 Å². The summed E-state index contributed by atoms with van der Waals surface area (Å²) in [6, 6.07) is -0.634. The summed E-state index contributed by atoms with van der Waals surface area (Å²) < 4.78 is 10.7. The normalized spacial score (nSPS) is 24.9. The van der Waals surface area contributed by atoms with E-state index >= 15 is 0 Å². The Morgan fingerprint density at radius 3 is 2.58 bits per heavy atom. The van der Waals surface area contributed by atoms with Crippen molar-refractivity contribution in [1.82, 2.24) is 5.32 Å². The highest BCUT2D eigenvalue weighted by Gasteiger charge is 2.34. The molecule has 0 aromatic heterocycles. The lowest BCUT2D eigenvalue weighted by Gasteiger charge is -2.24. The maximum Gasteiger partial charge on any atom is 0.328 e. The van der Waals surface area contributed by atoms with Gasteiger partial charge in [-0.3, -0.25) is 4.79 Å². The summed E-state index contributed by atoms with van der Waals surface area (Å²) in [5, 5.41) is 2.72. The Morgan fingerprint density at radius 1 is 1.42 bits per heavy atom. The van der Waals surface area contributed by atoms with Crippen LogP contribution in [0.5, 0.6) is 0 Å². The van der Waals surface area contributed by atoms with Gasteiger partial charge in [0.15, 0.2) is 0 Å². The summed E-state index contributed by atoms with van der Waals surface area (Å²) in [5.41, 5.74) is -0.543. The molecule has 5 heteroatoms. The molecule has 110 valence electrons. The topological polar surface area (TPSA) is 64.6 Å². The molecule has 0 aromatic carbocycles. The first-order chi connectivity index (χ1) is 8.74. The lowest BCUT2D eigenvalue weighted by Crippen LogP contribution is -2.45. The molecular formula is C14H25NO4. The second-order valence-electron chi connectivity index (χ2n) is 5.98. The van der Waals surface area contributed by atoms with Crippen LogP contribution in [-0.2, 0) is 19.1 Å². The Kier molecular flexibility index (Phi) is 5.35. The van der Waals surface area contributed by atoms with Crippen LogP contribution in [0.2, 0.25) is 0 Å². The van der Waals surface area contributed by atoms with Gasteiger partial charge in [-0.15, -0.1) is 0 Å².